The largest absolute Gasteiger partial charge is 0.376 e. The second kappa shape index (κ2) is 9.86. The molecule has 172 valence electrons. The van der Waals surface area contributed by atoms with Crippen LogP contribution in [-0.4, -0.2) is 38.5 Å². The summed E-state index contributed by atoms with van der Waals surface area (Å²) in [7, 11) is 0. The van der Waals surface area contributed by atoms with Crippen LogP contribution in [0.15, 0.2) is 35.7 Å². The number of nitrogens with zero attached hydrogens (tertiary/aromatic N) is 4. The van der Waals surface area contributed by atoms with Gasteiger partial charge in [-0.05, 0) is 63.3 Å². The first-order valence-corrected chi connectivity index (χ1v) is 12.1. The monoisotopic (exact) mass is 463 g/mol. The number of carbonyl (C=O) groups excluding carboxylic acids is 1. The van der Waals surface area contributed by atoms with Crippen molar-refractivity contribution in [3.8, 4) is 11.8 Å². The standard InChI is InChI=1S/C25H29N5O2S/c1-16-7-8-17(2)22(12-16)29-10-9-27-25(29)33-15-23(31)28-24-21(13-26)18(3)19(4)30(24)14-20-6-5-11-32-20/h7-10,12,20H,5-6,11,14-15H2,1-4H3,(H,28,31). The van der Waals surface area contributed by atoms with E-state index >= 15 is 0 Å². The highest BCUT2D eigenvalue weighted by Crippen LogP contribution is 2.29. The molecule has 1 aliphatic rings. The van der Waals surface area contributed by atoms with Crippen molar-refractivity contribution >= 4 is 23.5 Å². The minimum Gasteiger partial charge on any atom is -0.376 e. The van der Waals surface area contributed by atoms with Gasteiger partial charge in [0, 0.05) is 24.7 Å². The summed E-state index contributed by atoms with van der Waals surface area (Å²) < 4.78 is 9.82. The molecule has 8 heteroatoms. The third-order valence-corrected chi connectivity index (χ3v) is 7.14. The Balaban J connectivity index is 1.51. The fourth-order valence-corrected chi connectivity index (χ4v) is 4.97. The van der Waals surface area contributed by atoms with Gasteiger partial charge in [-0.3, -0.25) is 9.36 Å². The molecule has 3 heterocycles. The lowest BCUT2D eigenvalue weighted by Gasteiger charge is -2.17. The van der Waals surface area contributed by atoms with Gasteiger partial charge in [-0.25, -0.2) is 4.98 Å². The molecular formula is C25H29N5O2S. The topological polar surface area (TPSA) is 84.9 Å². The molecule has 0 spiro atoms. The smallest absolute Gasteiger partial charge is 0.235 e. The van der Waals surface area contributed by atoms with E-state index in [-0.39, 0.29) is 17.8 Å². The summed E-state index contributed by atoms with van der Waals surface area (Å²) >= 11 is 1.38. The number of ether oxygens (including phenoxy) is 1. The Labute approximate surface area is 198 Å². The van der Waals surface area contributed by atoms with Gasteiger partial charge in [0.2, 0.25) is 5.91 Å². The number of rotatable bonds is 7. The summed E-state index contributed by atoms with van der Waals surface area (Å²) in [6.45, 7) is 9.42. The van der Waals surface area contributed by atoms with Crippen LogP contribution in [0.3, 0.4) is 0 Å². The molecule has 1 aliphatic heterocycles. The first-order valence-electron chi connectivity index (χ1n) is 11.1. The number of hydrogen-bond acceptors (Lipinski definition) is 5. The van der Waals surface area contributed by atoms with E-state index in [1.807, 2.05) is 29.2 Å². The summed E-state index contributed by atoms with van der Waals surface area (Å²) in [5, 5.41) is 13.5. The van der Waals surface area contributed by atoms with Gasteiger partial charge in [-0.15, -0.1) is 0 Å². The lowest BCUT2D eigenvalue weighted by Crippen LogP contribution is -2.22. The molecule has 1 aromatic carbocycles. The van der Waals surface area contributed by atoms with Crippen LogP contribution >= 0.6 is 11.8 Å². The molecular weight excluding hydrogens is 434 g/mol. The third-order valence-electron chi connectivity index (χ3n) is 6.17. The predicted molar refractivity (Wildman–Crippen MR) is 130 cm³/mol. The molecule has 0 aliphatic carbocycles. The molecule has 1 amide bonds. The van der Waals surface area contributed by atoms with Crippen molar-refractivity contribution in [3.63, 3.8) is 0 Å². The number of aryl methyl sites for hydroxylation is 2. The quantitative estimate of drug-likeness (QED) is 0.514. The average molecular weight is 464 g/mol. The number of thioether (sulfide) groups is 1. The second-order valence-electron chi connectivity index (χ2n) is 8.50. The van der Waals surface area contributed by atoms with Crippen LogP contribution in [0.2, 0.25) is 0 Å². The van der Waals surface area contributed by atoms with Gasteiger partial charge < -0.3 is 14.6 Å². The molecule has 4 rings (SSSR count). The summed E-state index contributed by atoms with van der Waals surface area (Å²) in [5.74, 6) is 0.584. The summed E-state index contributed by atoms with van der Waals surface area (Å²) in [5.41, 5.74) is 5.75. The fourth-order valence-electron chi connectivity index (χ4n) is 4.21. The van der Waals surface area contributed by atoms with E-state index < -0.39 is 0 Å². The molecule has 0 saturated carbocycles. The Morgan fingerprint density at radius 1 is 1.33 bits per heavy atom. The zero-order valence-corrected chi connectivity index (χ0v) is 20.3. The van der Waals surface area contributed by atoms with Crippen LogP contribution < -0.4 is 5.32 Å². The summed E-state index contributed by atoms with van der Waals surface area (Å²) in [4.78, 5) is 17.4. The molecule has 7 nitrogen and oxygen atoms in total. The number of hydrogen-bond donors (Lipinski definition) is 1. The van der Waals surface area contributed by atoms with Crippen molar-refractivity contribution in [1.82, 2.24) is 14.1 Å². The number of nitriles is 1. The maximum absolute atomic E-state index is 12.9. The van der Waals surface area contributed by atoms with Gasteiger partial charge in [0.25, 0.3) is 0 Å². The number of aromatic nitrogens is 3. The fraction of sp³-hybridized carbons (Fsp3) is 0.400. The average Bonchev–Trinajstić information content (AvgIpc) is 3.52. The zero-order chi connectivity index (χ0) is 23.5. The Bertz CT molecular complexity index is 1210. The van der Waals surface area contributed by atoms with E-state index in [1.54, 1.807) is 6.20 Å². The summed E-state index contributed by atoms with van der Waals surface area (Å²) in [6, 6.07) is 8.55. The highest BCUT2D eigenvalue weighted by atomic mass is 32.2. The molecule has 0 radical (unpaired) electrons. The number of carbonyl (C=O) groups is 1. The molecule has 2 aromatic heterocycles. The van der Waals surface area contributed by atoms with Crippen molar-refractivity contribution in [1.29, 1.82) is 5.26 Å². The molecule has 3 aromatic rings. The van der Waals surface area contributed by atoms with E-state index in [2.05, 4.69) is 48.4 Å². The minimum atomic E-state index is -0.168. The Kier molecular flexibility index (Phi) is 6.91. The molecule has 1 saturated heterocycles. The highest BCUT2D eigenvalue weighted by Gasteiger charge is 2.24. The van der Waals surface area contributed by atoms with Crippen LogP contribution in [0.4, 0.5) is 5.82 Å². The number of imidazole rings is 1. The third kappa shape index (κ3) is 4.85. The Morgan fingerprint density at radius 3 is 2.88 bits per heavy atom. The van der Waals surface area contributed by atoms with E-state index in [1.165, 1.54) is 17.3 Å². The molecule has 0 bridgehead atoms. The molecule has 33 heavy (non-hydrogen) atoms. The first kappa shape index (κ1) is 23.1. The van der Waals surface area contributed by atoms with Gasteiger partial charge in [0.1, 0.15) is 11.9 Å². The van der Waals surface area contributed by atoms with Crippen molar-refractivity contribution in [2.24, 2.45) is 0 Å². The van der Waals surface area contributed by atoms with Gasteiger partial charge in [0.15, 0.2) is 5.16 Å². The van der Waals surface area contributed by atoms with E-state index in [4.69, 9.17) is 4.74 Å². The van der Waals surface area contributed by atoms with Gasteiger partial charge in [-0.1, -0.05) is 23.9 Å². The second-order valence-corrected chi connectivity index (χ2v) is 9.44. The number of anilines is 1. The van der Waals surface area contributed by atoms with Crippen LogP contribution in [0.25, 0.3) is 5.69 Å². The zero-order valence-electron chi connectivity index (χ0n) is 19.5. The Morgan fingerprint density at radius 2 is 2.15 bits per heavy atom. The van der Waals surface area contributed by atoms with Crippen LogP contribution in [0.5, 0.6) is 0 Å². The lowest BCUT2D eigenvalue weighted by molar-refractivity contribution is -0.113. The van der Waals surface area contributed by atoms with Gasteiger partial charge in [0.05, 0.1) is 29.7 Å². The first-order chi connectivity index (χ1) is 15.9. The van der Waals surface area contributed by atoms with E-state index in [0.717, 1.165) is 47.1 Å². The van der Waals surface area contributed by atoms with Crippen molar-refractivity contribution < 1.29 is 9.53 Å². The van der Waals surface area contributed by atoms with E-state index in [0.29, 0.717) is 17.9 Å². The number of nitrogens with one attached hydrogen (secondary N) is 1. The number of benzene rings is 1. The molecule has 1 unspecified atom stereocenters. The van der Waals surface area contributed by atoms with Crippen molar-refractivity contribution in [2.75, 3.05) is 17.7 Å². The Hall–Kier alpha value is -3.02. The highest BCUT2D eigenvalue weighted by molar-refractivity contribution is 7.99. The SMILES string of the molecule is Cc1ccc(C)c(-n2ccnc2SCC(=O)Nc2c(C#N)c(C)c(C)n2CC2CCCO2)c1. The maximum atomic E-state index is 12.9. The van der Waals surface area contributed by atoms with Gasteiger partial charge in [-0.2, -0.15) is 5.26 Å². The van der Waals surface area contributed by atoms with Crippen LogP contribution in [0, 0.1) is 39.0 Å². The normalized spacial score (nSPS) is 15.5. The van der Waals surface area contributed by atoms with Gasteiger partial charge >= 0.3 is 0 Å². The van der Waals surface area contributed by atoms with E-state index in [9.17, 15) is 10.1 Å². The van der Waals surface area contributed by atoms with Crippen LogP contribution in [0.1, 0.15) is 40.8 Å². The van der Waals surface area contributed by atoms with Crippen molar-refractivity contribution in [3.05, 3.63) is 58.5 Å². The maximum Gasteiger partial charge on any atom is 0.235 e. The van der Waals surface area contributed by atoms with Crippen LogP contribution in [-0.2, 0) is 16.1 Å². The summed E-state index contributed by atoms with van der Waals surface area (Å²) in [6.07, 6.45) is 5.80. The lowest BCUT2D eigenvalue weighted by atomic mass is 10.1. The molecule has 1 atom stereocenters. The molecule has 1 N–H and O–H groups in total. The van der Waals surface area contributed by atoms with Crippen molar-refractivity contribution in [2.45, 2.75) is 58.3 Å². The minimum absolute atomic E-state index is 0.108. The molecule has 1 fully saturated rings. The predicted octanol–water partition coefficient (Wildman–Crippen LogP) is 4.69. The number of amides is 1.